The van der Waals surface area contributed by atoms with E-state index < -0.39 is 0 Å². The molecule has 0 saturated carbocycles. The third kappa shape index (κ3) is 3.90. The third-order valence-corrected chi connectivity index (χ3v) is 4.90. The van der Waals surface area contributed by atoms with Gasteiger partial charge in [0.05, 0.1) is 0 Å². The number of amides is 1. The van der Waals surface area contributed by atoms with Crippen LogP contribution in [0.5, 0.6) is 0 Å². The van der Waals surface area contributed by atoms with Crippen molar-refractivity contribution in [2.45, 2.75) is 20.3 Å². The Bertz CT molecular complexity index is 693. The zero-order chi connectivity index (χ0) is 17.1. The molecule has 1 amide bonds. The molecule has 1 aliphatic heterocycles. The van der Waals surface area contributed by atoms with Crippen LogP contribution in [0.1, 0.15) is 25.2 Å². The highest BCUT2D eigenvalue weighted by Crippen LogP contribution is 2.21. The van der Waals surface area contributed by atoms with Crippen LogP contribution < -0.4 is 4.90 Å². The van der Waals surface area contributed by atoms with Crippen molar-refractivity contribution >= 4 is 22.6 Å². The third-order valence-electron chi connectivity index (χ3n) is 4.09. The summed E-state index contributed by atoms with van der Waals surface area (Å²) in [6.07, 6.45) is 0.600. The summed E-state index contributed by atoms with van der Waals surface area (Å²) in [6.45, 7) is 6.88. The highest BCUT2D eigenvalue weighted by molar-refractivity contribution is 7.09. The molecule has 0 spiro atoms. The van der Waals surface area contributed by atoms with Crippen LogP contribution in [0.4, 0.5) is 9.52 Å². The Labute approximate surface area is 145 Å². The molecule has 2 heterocycles. The smallest absolute Gasteiger partial charge is 0.225 e. The van der Waals surface area contributed by atoms with Gasteiger partial charge in [-0.25, -0.2) is 9.37 Å². The first kappa shape index (κ1) is 16.8. The second kappa shape index (κ2) is 7.25. The summed E-state index contributed by atoms with van der Waals surface area (Å²) >= 11 is 1.38. The number of carbonyl (C=O) groups excluding carboxylic acids is 1. The lowest BCUT2D eigenvalue weighted by atomic mass is 10.1. The molecule has 5 nitrogen and oxygen atoms in total. The Morgan fingerprint density at radius 3 is 2.50 bits per heavy atom. The number of rotatable bonds is 4. The largest absolute Gasteiger partial charge is 0.343 e. The molecule has 7 heteroatoms. The fraction of sp³-hybridized carbons (Fsp3) is 0.471. The van der Waals surface area contributed by atoms with Crippen LogP contribution in [-0.2, 0) is 11.2 Å². The maximum absolute atomic E-state index is 12.9. The van der Waals surface area contributed by atoms with E-state index in [4.69, 9.17) is 0 Å². The van der Waals surface area contributed by atoms with Gasteiger partial charge in [0.25, 0.3) is 0 Å². The number of carbonyl (C=O) groups is 1. The van der Waals surface area contributed by atoms with E-state index in [1.165, 1.54) is 23.7 Å². The van der Waals surface area contributed by atoms with Crippen molar-refractivity contribution < 1.29 is 9.18 Å². The first-order chi connectivity index (χ1) is 11.5. The normalized spacial score (nSPS) is 15.2. The Morgan fingerprint density at radius 1 is 1.21 bits per heavy atom. The fourth-order valence-corrected chi connectivity index (χ4v) is 3.45. The summed E-state index contributed by atoms with van der Waals surface area (Å²) in [5.74, 6) is 0.770. The molecule has 0 aliphatic carbocycles. The van der Waals surface area contributed by atoms with Crippen molar-refractivity contribution in [3.63, 3.8) is 0 Å². The molecule has 1 aliphatic rings. The summed E-state index contributed by atoms with van der Waals surface area (Å²) in [6, 6.07) is 6.42. The first-order valence-corrected chi connectivity index (χ1v) is 8.91. The van der Waals surface area contributed by atoms with Gasteiger partial charge in [0.15, 0.2) is 0 Å². The van der Waals surface area contributed by atoms with Crippen molar-refractivity contribution in [3.8, 4) is 0 Å². The van der Waals surface area contributed by atoms with Crippen molar-refractivity contribution in [3.05, 3.63) is 41.5 Å². The molecular formula is C17H21FN4OS. The molecule has 0 atom stereocenters. The fourth-order valence-electron chi connectivity index (χ4n) is 2.71. The number of anilines is 1. The average molecular weight is 348 g/mol. The van der Waals surface area contributed by atoms with Gasteiger partial charge in [-0.05, 0) is 17.7 Å². The van der Waals surface area contributed by atoms with Crippen LogP contribution in [0.2, 0.25) is 0 Å². The molecule has 1 aromatic carbocycles. The van der Waals surface area contributed by atoms with Gasteiger partial charge in [0.2, 0.25) is 11.0 Å². The number of nitrogens with zero attached hydrogens (tertiary/aromatic N) is 4. The average Bonchev–Trinajstić information content (AvgIpc) is 3.05. The molecule has 1 aromatic heterocycles. The Hall–Kier alpha value is -2.02. The van der Waals surface area contributed by atoms with Crippen LogP contribution in [0.3, 0.4) is 0 Å². The van der Waals surface area contributed by atoms with Crippen LogP contribution in [0, 0.1) is 11.7 Å². The summed E-state index contributed by atoms with van der Waals surface area (Å²) < 4.78 is 17.4. The molecule has 2 aromatic rings. The molecule has 1 saturated heterocycles. The minimum absolute atomic E-state index is 0.0420. The van der Waals surface area contributed by atoms with E-state index in [0.29, 0.717) is 6.42 Å². The van der Waals surface area contributed by atoms with E-state index in [9.17, 15) is 9.18 Å². The molecule has 0 bridgehead atoms. The van der Waals surface area contributed by atoms with Crippen LogP contribution >= 0.6 is 11.5 Å². The van der Waals surface area contributed by atoms with E-state index in [0.717, 1.165) is 42.7 Å². The summed E-state index contributed by atoms with van der Waals surface area (Å²) in [7, 11) is 0. The SMILES string of the molecule is CC(C)C(=O)N1CCN(c2nc(Cc3ccc(F)cc3)ns2)CC1. The topological polar surface area (TPSA) is 49.3 Å². The van der Waals surface area contributed by atoms with Gasteiger partial charge >= 0.3 is 0 Å². The number of hydrogen-bond donors (Lipinski definition) is 0. The number of piperazine rings is 1. The van der Waals surface area contributed by atoms with Crippen molar-refractivity contribution in [1.29, 1.82) is 0 Å². The zero-order valence-electron chi connectivity index (χ0n) is 13.9. The molecule has 0 unspecified atom stereocenters. The van der Waals surface area contributed by atoms with Crippen molar-refractivity contribution in [2.24, 2.45) is 5.92 Å². The number of hydrogen-bond acceptors (Lipinski definition) is 5. The molecular weight excluding hydrogens is 327 g/mol. The highest BCUT2D eigenvalue weighted by Gasteiger charge is 2.24. The Morgan fingerprint density at radius 2 is 1.88 bits per heavy atom. The molecule has 0 radical (unpaired) electrons. The molecule has 24 heavy (non-hydrogen) atoms. The second-order valence-corrected chi connectivity index (χ2v) is 6.99. The van der Waals surface area contributed by atoms with E-state index in [1.807, 2.05) is 18.7 Å². The van der Waals surface area contributed by atoms with E-state index in [1.54, 1.807) is 12.1 Å². The minimum atomic E-state index is -0.237. The summed E-state index contributed by atoms with van der Waals surface area (Å²) in [4.78, 5) is 20.7. The van der Waals surface area contributed by atoms with Gasteiger partial charge in [-0.1, -0.05) is 26.0 Å². The van der Waals surface area contributed by atoms with Crippen molar-refractivity contribution in [1.82, 2.24) is 14.3 Å². The zero-order valence-corrected chi connectivity index (χ0v) is 14.7. The standard InChI is InChI=1S/C17H21FN4OS/c1-12(2)16(23)21-7-9-22(10-8-21)17-19-15(20-24-17)11-13-3-5-14(18)6-4-13/h3-6,12H,7-11H2,1-2H3. The lowest BCUT2D eigenvalue weighted by Crippen LogP contribution is -2.49. The van der Waals surface area contributed by atoms with Crippen LogP contribution in [0.15, 0.2) is 24.3 Å². The quantitative estimate of drug-likeness (QED) is 0.852. The van der Waals surface area contributed by atoms with Crippen LogP contribution in [-0.4, -0.2) is 46.3 Å². The van der Waals surface area contributed by atoms with E-state index >= 15 is 0 Å². The first-order valence-electron chi connectivity index (χ1n) is 8.13. The maximum Gasteiger partial charge on any atom is 0.225 e. The molecule has 3 rings (SSSR count). The summed E-state index contributed by atoms with van der Waals surface area (Å²) in [5.41, 5.74) is 0.994. The number of halogens is 1. The van der Waals surface area contributed by atoms with Gasteiger partial charge in [0.1, 0.15) is 11.6 Å². The Balaban J connectivity index is 1.58. The monoisotopic (exact) mass is 348 g/mol. The lowest BCUT2D eigenvalue weighted by molar-refractivity contribution is -0.134. The molecule has 128 valence electrons. The van der Waals surface area contributed by atoms with Gasteiger partial charge in [-0.15, -0.1) is 0 Å². The number of benzene rings is 1. The highest BCUT2D eigenvalue weighted by atomic mass is 32.1. The van der Waals surface area contributed by atoms with Crippen LogP contribution in [0.25, 0.3) is 0 Å². The van der Waals surface area contributed by atoms with Crippen molar-refractivity contribution in [2.75, 3.05) is 31.1 Å². The summed E-state index contributed by atoms with van der Waals surface area (Å²) in [5, 5.41) is 0.892. The molecule has 1 fully saturated rings. The van der Waals surface area contributed by atoms with E-state index in [2.05, 4.69) is 14.3 Å². The van der Waals surface area contributed by atoms with E-state index in [-0.39, 0.29) is 17.6 Å². The van der Waals surface area contributed by atoms with Gasteiger partial charge < -0.3 is 9.80 Å². The van der Waals surface area contributed by atoms with Gasteiger partial charge in [0, 0.05) is 50.1 Å². The molecule has 0 N–H and O–H groups in total. The maximum atomic E-state index is 12.9. The predicted molar refractivity (Wildman–Crippen MR) is 92.7 cm³/mol. The Kier molecular flexibility index (Phi) is 5.08. The lowest BCUT2D eigenvalue weighted by Gasteiger charge is -2.35. The second-order valence-electron chi connectivity index (χ2n) is 6.26. The van der Waals surface area contributed by atoms with Gasteiger partial charge in [-0.3, -0.25) is 4.79 Å². The predicted octanol–water partition coefficient (Wildman–Crippen LogP) is 2.57. The van der Waals surface area contributed by atoms with Gasteiger partial charge in [-0.2, -0.15) is 4.37 Å². The number of aromatic nitrogens is 2. The minimum Gasteiger partial charge on any atom is -0.343 e.